The molecule has 0 bridgehead atoms. The molecular formula is C17H17IN4O3. The van der Waals surface area contributed by atoms with Gasteiger partial charge in [0.25, 0.3) is 5.56 Å². The predicted molar refractivity (Wildman–Crippen MR) is 101 cm³/mol. The van der Waals surface area contributed by atoms with Crippen LogP contribution >= 0.6 is 22.6 Å². The van der Waals surface area contributed by atoms with E-state index < -0.39 is 0 Å². The lowest BCUT2D eigenvalue weighted by atomic mass is 10.1. The molecule has 0 unspecified atom stereocenters. The number of aromatic nitrogens is 4. The summed E-state index contributed by atoms with van der Waals surface area (Å²) in [6, 6.07) is 8.05. The zero-order valence-electron chi connectivity index (χ0n) is 13.7. The normalized spacial score (nSPS) is 15.6. The molecule has 25 heavy (non-hydrogen) atoms. The third kappa shape index (κ3) is 3.15. The van der Waals surface area contributed by atoms with Crippen LogP contribution in [0.4, 0.5) is 0 Å². The Labute approximate surface area is 157 Å². The molecule has 3 heterocycles. The Kier molecular flexibility index (Phi) is 4.46. The Bertz CT molecular complexity index is 958. The van der Waals surface area contributed by atoms with E-state index in [0.717, 1.165) is 16.4 Å². The van der Waals surface area contributed by atoms with Crippen LogP contribution in [0.15, 0.2) is 35.3 Å². The van der Waals surface area contributed by atoms with Crippen molar-refractivity contribution in [1.29, 1.82) is 0 Å². The van der Waals surface area contributed by atoms with Crippen molar-refractivity contribution in [2.75, 3.05) is 13.2 Å². The highest BCUT2D eigenvalue weighted by Crippen LogP contribution is 2.25. The number of nitrogens with zero attached hydrogens (tertiary/aromatic N) is 4. The number of rotatable bonds is 3. The van der Waals surface area contributed by atoms with Gasteiger partial charge in [0.1, 0.15) is 11.1 Å². The van der Waals surface area contributed by atoms with Gasteiger partial charge in [-0.2, -0.15) is 10.1 Å². The smallest absolute Gasteiger partial charge is 0.306 e. The van der Waals surface area contributed by atoms with E-state index in [-0.39, 0.29) is 17.6 Å². The van der Waals surface area contributed by atoms with Gasteiger partial charge in [0.2, 0.25) is 0 Å². The Morgan fingerprint density at radius 1 is 1.24 bits per heavy atom. The van der Waals surface area contributed by atoms with Gasteiger partial charge >= 0.3 is 6.01 Å². The summed E-state index contributed by atoms with van der Waals surface area (Å²) in [5, 5.41) is 4.91. The minimum Gasteiger partial charge on any atom is -0.425 e. The van der Waals surface area contributed by atoms with E-state index in [2.05, 4.69) is 32.7 Å². The minimum atomic E-state index is -0.163. The number of hydrogen-bond acceptors (Lipinski definition) is 5. The molecule has 0 aliphatic carbocycles. The molecule has 1 aliphatic rings. The van der Waals surface area contributed by atoms with E-state index in [4.69, 9.17) is 9.47 Å². The summed E-state index contributed by atoms with van der Waals surface area (Å²) >= 11 is 2.23. The highest BCUT2D eigenvalue weighted by molar-refractivity contribution is 14.1. The van der Waals surface area contributed by atoms with E-state index in [1.165, 1.54) is 4.57 Å². The fourth-order valence-corrected chi connectivity index (χ4v) is 3.31. The third-order valence-corrected chi connectivity index (χ3v) is 5.07. The van der Waals surface area contributed by atoms with Crippen LogP contribution in [-0.2, 0) is 11.8 Å². The topological polar surface area (TPSA) is 71.2 Å². The van der Waals surface area contributed by atoms with Gasteiger partial charge < -0.3 is 9.47 Å². The zero-order valence-corrected chi connectivity index (χ0v) is 15.8. The summed E-state index contributed by atoms with van der Waals surface area (Å²) in [4.78, 5) is 17.2. The molecule has 8 heteroatoms. The van der Waals surface area contributed by atoms with Crippen LogP contribution in [-0.4, -0.2) is 32.5 Å². The van der Waals surface area contributed by atoms with E-state index in [0.29, 0.717) is 30.0 Å². The van der Waals surface area contributed by atoms with Crippen LogP contribution in [0.2, 0.25) is 0 Å². The molecular weight excluding hydrogens is 435 g/mol. The fourth-order valence-electron chi connectivity index (χ4n) is 2.95. The highest BCUT2D eigenvalue weighted by Gasteiger charge is 2.22. The van der Waals surface area contributed by atoms with E-state index >= 15 is 0 Å². The largest absolute Gasteiger partial charge is 0.425 e. The van der Waals surface area contributed by atoms with Crippen molar-refractivity contribution < 1.29 is 9.47 Å². The van der Waals surface area contributed by atoms with Gasteiger partial charge in [-0.25, -0.2) is 4.68 Å². The molecule has 130 valence electrons. The van der Waals surface area contributed by atoms with Gasteiger partial charge in [0.15, 0.2) is 5.65 Å². The Morgan fingerprint density at radius 2 is 1.96 bits per heavy atom. The average Bonchev–Trinajstić information content (AvgIpc) is 3.06. The maximum absolute atomic E-state index is 12.7. The van der Waals surface area contributed by atoms with Gasteiger partial charge in [-0.15, -0.1) is 0 Å². The van der Waals surface area contributed by atoms with Crippen LogP contribution in [0.5, 0.6) is 11.8 Å². The first-order chi connectivity index (χ1) is 12.1. The van der Waals surface area contributed by atoms with Crippen LogP contribution in [0.25, 0.3) is 11.0 Å². The van der Waals surface area contributed by atoms with Gasteiger partial charge in [-0.1, -0.05) is 0 Å². The average molecular weight is 452 g/mol. The molecule has 1 saturated heterocycles. The quantitative estimate of drug-likeness (QED) is 0.572. The van der Waals surface area contributed by atoms with Crippen molar-refractivity contribution in [3.05, 3.63) is 44.4 Å². The van der Waals surface area contributed by atoms with Crippen molar-refractivity contribution in [3.63, 3.8) is 0 Å². The number of halogens is 1. The predicted octanol–water partition coefficient (Wildman–Crippen LogP) is 2.88. The first kappa shape index (κ1) is 16.5. The molecule has 2 aromatic heterocycles. The second-order valence-electron chi connectivity index (χ2n) is 5.98. The summed E-state index contributed by atoms with van der Waals surface area (Å²) < 4.78 is 15.6. The first-order valence-electron chi connectivity index (χ1n) is 8.09. The molecule has 0 radical (unpaired) electrons. The molecule has 4 rings (SSSR count). The SMILES string of the molecule is Cn1c(Oc2ccc(I)cc2)nc2c(cnn2C2CCOCC2)c1=O. The zero-order chi connectivity index (χ0) is 17.4. The number of ether oxygens (including phenoxy) is 2. The molecule has 0 saturated carbocycles. The van der Waals surface area contributed by atoms with E-state index in [1.807, 2.05) is 28.9 Å². The van der Waals surface area contributed by atoms with Crippen LogP contribution in [0.3, 0.4) is 0 Å². The van der Waals surface area contributed by atoms with Crippen molar-refractivity contribution in [2.24, 2.45) is 7.05 Å². The first-order valence-corrected chi connectivity index (χ1v) is 9.17. The van der Waals surface area contributed by atoms with E-state index in [9.17, 15) is 4.79 Å². The molecule has 0 amide bonds. The lowest BCUT2D eigenvalue weighted by Gasteiger charge is -2.22. The molecule has 1 fully saturated rings. The van der Waals surface area contributed by atoms with Crippen molar-refractivity contribution in [2.45, 2.75) is 18.9 Å². The van der Waals surface area contributed by atoms with Gasteiger partial charge in [0, 0.05) is 23.8 Å². The van der Waals surface area contributed by atoms with Gasteiger partial charge in [-0.3, -0.25) is 9.36 Å². The third-order valence-electron chi connectivity index (χ3n) is 4.35. The lowest BCUT2D eigenvalue weighted by molar-refractivity contribution is 0.0673. The molecule has 0 N–H and O–H groups in total. The molecule has 0 spiro atoms. The summed E-state index contributed by atoms with van der Waals surface area (Å²) in [6.07, 6.45) is 3.32. The van der Waals surface area contributed by atoms with Crippen molar-refractivity contribution in [3.8, 4) is 11.8 Å². The molecule has 1 aromatic carbocycles. The van der Waals surface area contributed by atoms with Crippen LogP contribution in [0, 0.1) is 3.57 Å². The molecule has 3 aromatic rings. The van der Waals surface area contributed by atoms with Crippen LogP contribution < -0.4 is 10.3 Å². The summed E-state index contributed by atoms with van der Waals surface area (Å²) in [7, 11) is 1.66. The molecule has 1 aliphatic heterocycles. The summed E-state index contributed by atoms with van der Waals surface area (Å²) in [5.74, 6) is 0.638. The maximum atomic E-state index is 12.7. The standard InChI is InChI=1S/C17H17IN4O3/c1-21-16(23)14-10-19-22(12-6-8-24-9-7-12)15(14)20-17(21)25-13-4-2-11(18)3-5-13/h2-5,10,12H,6-9H2,1H3. The monoisotopic (exact) mass is 452 g/mol. The maximum Gasteiger partial charge on any atom is 0.306 e. The number of fused-ring (bicyclic) bond motifs is 1. The van der Waals surface area contributed by atoms with Gasteiger partial charge in [-0.05, 0) is 59.7 Å². The number of benzene rings is 1. The van der Waals surface area contributed by atoms with Crippen molar-refractivity contribution >= 4 is 33.6 Å². The van der Waals surface area contributed by atoms with Crippen molar-refractivity contribution in [1.82, 2.24) is 19.3 Å². The molecule has 0 atom stereocenters. The Hall–Kier alpha value is -1.94. The van der Waals surface area contributed by atoms with Crippen LogP contribution in [0.1, 0.15) is 18.9 Å². The Morgan fingerprint density at radius 3 is 2.68 bits per heavy atom. The fraction of sp³-hybridized carbons (Fsp3) is 0.353. The highest BCUT2D eigenvalue weighted by atomic mass is 127. The number of hydrogen-bond donors (Lipinski definition) is 0. The lowest BCUT2D eigenvalue weighted by Crippen LogP contribution is -2.23. The summed E-state index contributed by atoms with van der Waals surface area (Å²) in [5.41, 5.74) is 0.402. The van der Waals surface area contributed by atoms with E-state index in [1.54, 1.807) is 13.2 Å². The Balaban J connectivity index is 1.77. The summed E-state index contributed by atoms with van der Waals surface area (Å²) in [6.45, 7) is 1.39. The minimum absolute atomic E-state index is 0.163. The second kappa shape index (κ2) is 6.75. The van der Waals surface area contributed by atoms with Gasteiger partial charge in [0.05, 0.1) is 12.2 Å². The molecule has 7 nitrogen and oxygen atoms in total. The second-order valence-corrected chi connectivity index (χ2v) is 7.23.